The first kappa shape index (κ1) is 14.3. The average molecular weight is 291 g/mol. The number of hydrogen-bond donors (Lipinski definition) is 1. The van der Waals surface area contributed by atoms with E-state index in [1.165, 1.54) is 0 Å². The molecule has 3 rings (SSSR count). The molecule has 1 aliphatic heterocycles. The van der Waals surface area contributed by atoms with Gasteiger partial charge in [-0.2, -0.15) is 0 Å². The van der Waals surface area contributed by atoms with Crippen LogP contribution in [-0.2, 0) is 0 Å². The largest absolute Gasteiger partial charge is 0.372 e. The fourth-order valence-electron chi connectivity index (χ4n) is 2.64. The minimum absolute atomic E-state index is 0.0346. The molecule has 1 heterocycles. The number of allylic oxidation sites excluding steroid dienone is 1. The molecule has 3 nitrogen and oxygen atoms in total. The van der Waals surface area contributed by atoms with E-state index in [1.54, 1.807) is 24.3 Å². The topological polar surface area (TPSA) is 46.2 Å². The minimum atomic E-state index is -0.725. The van der Waals surface area contributed by atoms with Gasteiger partial charge in [0.1, 0.15) is 0 Å². The Bertz CT molecular complexity index is 773. The molecule has 0 spiro atoms. The van der Waals surface area contributed by atoms with Crippen LogP contribution in [0.5, 0.6) is 0 Å². The highest BCUT2D eigenvalue weighted by atomic mass is 16.1. The molecule has 0 unspecified atom stereocenters. The molecule has 0 saturated carbocycles. The second kappa shape index (κ2) is 5.26. The summed E-state index contributed by atoms with van der Waals surface area (Å²) in [5.41, 5.74) is 2.02. The van der Waals surface area contributed by atoms with Crippen LogP contribution in [0.1, 0.15) is 40.1 Å². The number of Topliss-reactive ketones (excluding diaryl/α,β-unsaturated/α-hetero) is 1. The Morgan fingerprint density at radius 2 is 1.55 bits per heavy atom. The molecule has 0 bridgehead atoms. The highest BCUT2D eigenvalue weighted by molar-refractivity contribution is 6.14. The number of benzene rings is 2. The number of fused-ring (bicyclic) bond motifs is 1. The molecule has 2 aromatic carbocycles. The normalized spacial score (nSPS) is 17.7. The van der Waals surface area contributed by atoms with Crippen LogP contribution in [0, 0.1) is 0 Å². The lowest BCUT2D eigenvalue weighted by Gasteiger charge is -2.33. The highest BCUT2D eigenvalue weighted by Crippen LogP contribution is 2.29. The summed E-state index contributed by atoms with van der Waals surface area (Å²) >= 11 is 0. The SMILES string of the molecule is CC1(C)N/C(=C\C(=O)c2ccccc2)c2ccccc2C1=O. The summed E-state index contributed by atoms with van der Waals surface area (Å²) in [5.74, 6) is -0.0459. The quantitative estimate of drug-likeness (QED) is 0.680. The summed E-state index contributed by atoms with van der Waals surface area (Å²) < 4.78 is 0. The zero-order chi connectivity index (χ0) is 15.7. The van der Waals surface area contributed by atoms with Gasteiger partial charge in [-0.3, -0.25) is 9.59 Å². The second-order valence-corrected chi connectivity index (χ2v) is 5.91. The fraction of sp³-hybridized carbons (Fsp3) is 0.158. The van der Waals surface area contributed by atoms with Crippen molar-refractivity contribution in [2.45, 2.75) is 19.4 Å². The van der Waals surface area contributed by atoms with Crippen molar-refractivity contribution in [2.75, 3.05) is 0 Å². The van der Waals surface area contributed by atoms with Gasteiger partial charge in [0.15, 0.2) is 11.6 Å². The van der Waals surface area contributed by atoms with E-state index in [0.29, 0.717) is 16.8 Å². The molecule has 0 aromatic heterocycles. The molecular formula is C19H17NO2. The Labute approximate surface area is 129 Å². The predicted octanol–water partition coefficient (Wildman–Crippen LogP) is 3.47. The Kier molecular flexibility index (Phi) is 3.41. The molecule has 0 fully saturated rings. The number of nitrogens with one attached hydrogen (secondary N) is 1. The van der Waals surface area contributed by atoms with Gasteiger partial charge >= 0.3 is 0 Å². The van der Waals surface area contributed by atoms with Crippen LogP contribution in [0.3, 0.4) is 0 Å². The molecule has 22 heavy (non-hydrogen) atoms. The van der Waals surface area contributed by atoms with Crippen LogP contribution in [0.15, 0.2) is 60.7 Å². The van der Waals surface area contributed by atoms with Gasteiger partial charge in [0, 0.05) is 28.5 Å². The summed E-state index contributed by atoms with van der Waals surface area (Å²) in [6, 6.07) is 16.5. The van der Waals surface area contributed by atoms with Gasteiger partial charge in [0.25, 0.3) is 0 Å². The van der Waals surface area contributed by atoms with Crippen molar-refractivity contribution in [1.82, 2.24) is 5.32 Å². The van der Waals surface area contributed by atoms with E-state index in [1.807, 2.05) is 50.2 Å². The number of carbonyl (C=O) groups excluding carboxylic acids is 2. The molecule has 0 saturated heterocycles. The van der Waals surface area contributed by atoms with Gasteiger partial charge in [-0.15, -0.1) is 0 Å². The lowest BCUT2D eigenvalue weighted by molar-refractivity contribution is 0.0888. The maximum Gasteiger partial charge on any atom is 0.188 e. The Morgan fingerprint density at radius 3 is 2.23 bits per heavy atom. The second-order valence-electron chi connectivity index (χ2n) is 5.91. The molecule has 110 valence electrons. The van der Waals surface area contributed by atoms with Crippen molar-refractivity contribution in [3.8, 4) is 0 Å². The summed E-state index contributed by atoms with van der Waals surface area (Å²) in [5, 5.41) is 3.19. The van der Waals surface area contributed by atoms with E-state index in [4.69, 9.17) is 0 Å². The Morgan fingerprint density at radius 1 is 0.955 bits per heavy atom. The van der Waals surface area contributed by atoms with Crippen molar-refractivity contribution in [1.29, 1.82) is 0 Å². The molecule has 1 N–H and O–H groups in total. The van der Waals surface area contributed by atoms with E-state index in [2.05, 4.69) is 5.32 Å². The van der Waals surface area contributed by atoms with Crippen LogP contribution < -0.4 is 5.32 Å². The predicted molar refractivity (Wildman–Crippen MR) is 86.7 cm³/mol. The van der Waals surface area contributed by atoms with Crippen molar-refractivity contribution in [3.63, 3.8) is 0 Å². The third-order valence-corrected chi connectivity index (χ3v) is 3.81. The van der Waals surface area contributed by atoms with Crippen molar-refractivity contribution < 1.29 is 9.59 Å². The molecule has 0 amide bonds. The van der Waals surface area contributed by atoms with Gasteiger partial charge in [-0.25, -0.2) is 0 Å². The third-order valence-electron chi connectivity index (χ3n) is 3.81. The highest BCUT2D eigenvalue weighted by Gasteiger charge is 2.36. The maximum atomic E-state index is 12.5. The first-order valence-electron chi connectivity index (χ1n) is 7.22. The van der Waals surface area contributed by atoms with E-state index in [9.17, 15) is 9.59 Å². The van der Waals surface area contributed by atoms with Gasteiger partial charge < -0.3 is 5.32 Å². The van der Waals surface area contributed by atoms with Crippen LogP contribution in [0.25, 0.3) is 5.70 Å². The van der Waals surface area contributed by atoms with Crippen LogP contribution in [0.4, 0.5) is 0 Å². The standard InChI is InChI=1S/C19H17NO2/c1-19(2)18(22)15-11-7-6-10-14(15)16(20-19)12-17(21)13-8-4-3-5-9-13/h3-12,20H,1-2H3/b16-12-. The van der Waals surface area contributed by atoms with Gasteiger partial charge in [0.05, 0.1) is 5.54 Å². The Hall–Kier alpha value is -2.68. The van der Waals surface area contributed by atoms with E-state index >= 15 is 0 Å². The molecule has 3 heteroatoms. The summed E-state index contributed by atoms with van der Waals surface area (Å²) in [7, 11) is 0. The first-order valence-corrected chi connectivity index (χ1v) is 7.22. The van der Waals surface area contributed by atoms with E-state index in [0.717, 1.165) is 5.56 Å². The number of carbonyl (C=O) groups is 2. The monoisotopic (exact) mass is 291 g/mol. The van der Waals surface area contributed by atoms with E-state index in [-0.39, 0.29) is 11.6 Å². The zero-order valence-electron chi connectivity index (χ0n) is 12.6. The number of ketones is 2. The van der Waals surface area contributed by atoms with Crippen LogP contribution >= 0.6 is 0 Å². The summed E-state index contributed by atoms with van der Waals surface area (Å²) in [4.78, 5) is 24.9. The average Bonchev–Trinajstić information content (AvgIpc) is 2.53. The van der Waals surface area contributed by atoms with Crippen molar-refractivity contribution in [2.24, 2.45) is 0 Å². The number of rotatable bonds is 2. The zero-order valence-corrected chi connectivity index (χ0v) is 12.6. The third kappa shape index (κ3) is 2.46. The van der Waals surface area contributed by atoms with Crippen LogP contribution in [0.2, 0.25) is 0 Å². The first-order chi connectivity index (χ1) is 10.5. The van der Waals surface area contributed by atoms with Crippen molar-refractivity contribution in [3.05, 3.63) is 77.4 Å². The van der Waals surface area contributed by atoms with E-state index < -0.39 is 5.54 Å². The molecule has 0 aliphatic carbocycles. The van der Waals surface area contributed by atoms with Crippen LogP contribution in [-0.4, -0.2) is 17.1 Å². The summed E-state index contributed by atoms with van der Waals surface area (Å²) in [6.07, 6.45) is 1.57. The van der Waals surface area contributed by atoms with Crippen molar-refractivity contribution >= 4 is 17.3 Å². The molecule has 1 aliphatic rings. The minimum Gasteiger partial charge on any atom is -0.372 e. The lowest BCUT2D eigenvalue weighted by Crippen LogP contribution is -2.49. The maximum absolute atomic E-state index is 12.5. The van der Waals surface area contributed by atoms with Gasteiger partial charge in [-0.05, 0) is 13.8 Å². The summed E-state index contributed by atoms with van der Waals surface area (Å²) in [6.45, 7) is 3.65. The lowest BCUT2D eigenvalue weighted by atomic mass is 9.84. The molecule has 0 atom stereocenters. The smallest absolute Gasteiger partial charge is 0.188 e. The number of hydrogen-bond acceptors (Lipinski definition) is 3. The Balaban J connectivity index is 2.07. The molecule has 0 radical (unpaired) electrons. The fourth-order valence-corrected chi connectivity index (χ4v) is 2.64. The van der Waals surface area contributed by atoms with Gasteiger partial charge in [-0.1, -0.05) is 54.6 Å². The molecular weight excluding hydrogens is 274 g/mol. The molecule has 2 aromatic rings. The van der Waals surface area contributed by atoms with Gasteiger partial charge in [0.2, 0.25) is 0 Å².